The van der Waals surface area contributed by atoms with E-state index >= 15 is 0 Å². The number of hydrogen-bond donors (Lipinski definition) is 2. The third-order valence-corrected chi connectivity index (χ3v) is 3.75. The number of carbonyl (C=O) groups excluding carboxylic acids is 1. The highest BCUT2D eigenvalue weighted by molar-refractivity contribution is 5.90. The highest BCUT2D eigenvalue weighted by Crippen LogP contribution is 2.20. The zero-order chi connectivity index (χ0) is 17.8. The van der Waals surface area contributed by atoms with Gasteiger partial charge in [-0.1, -0.05) is 11.3 Å². The molecule has 0 bridgehead atoms. The lowest BCUT2D eigenvalue weighted by atomic mass is 10.2. The van der Waals surface area contributed by atoms with Crippen LogP contribution in [0, 0.1) is 5.82 Å². The third kappa shape index (κ3) is 3.89. The molecule has 0 saturated heterocycles. The summed E-state index contributed by atoms with van der Waals surface area (Å²) in [6.07, 6.45) is 3.62. The number of hydrogen-bond acceptors (Lipinski definition) is 5. The molecule has 25 heavy (non-hydrogen) atoms. The van der Waals surface area contributed by atoms with E-state index in [9.17, 15) is 9.18 Å². The zero-order valence-electron chi connectivity index (χ0n) is 13.7. The molecule has 0 saturated carbocycles. The van der Waals surface area contributed by atoms with Gasteiger partial charge in [-0.3, -0.25) is 14.2 Å². The van der Waals surface area contributed by atoms with Gasteiger partial charge in [-0.15, -0.1) is 5.10 Å². The van der Waals surface area contributed by atoms with Gasteiger partial charge in [0, 0.05) is 31.3 Å². The molecule has 0 spiro atoms. The van der Waals surface area contributed by atoms with Crippen molar-refractivity contribution in [3.05, 3.63) is 48.2 Å². The first-order valence-corrected chi connectivity index (χ1v) is 7.73. The van der Waals surface area contributed by atoms with E-state index in [-0.39, 0.29) is 12.3 Å². The van der Waals surface area contributed by atoms with Gasteiger partial charge in [0.1, 0.15) is 11.5 Å². The zero-order valence-corrected chi connectivity index (χ0v) is 13.7. The first-order valence-electron chi connectivity index (χ1n) is 7.73. The van der Waals surface area contributed by atoms with Crippen LogP contribution in [0.1, 0.15) is 12.1 Å². The first-order chi connectivity index (χ1) is 12.1. The number of nitrogens with one attached hydrogen (secondary N) is 1. The molecular weight excluding hydrogens is 325 g/mol. The SMILES string of the molecule is Cn1ncc(-c2cn(CCC(=O)Nc3cccc(F)c3)nn2)c1CN. The molecule has 3 N–H and O–H groups in total. The summed E-state index contributed by atoms with van der Waals surface area (Å²) in [5.74, 6) is -0.627. The minimum absolute atomic E-state index is 0.191. The van der Waals surface area contributed by atoms with Crippen LogP contribution in [-0.2, 0) is 24.9 Å². The molecule has 1 amide bonds. The Bertz CT molecular complexity index is 886. The number of anilines is 1. The van der Waals surface area contributed by atoms with Gasteiger partial charge < -0.3 is 11.1 Å². The summed E-state index contributed by atoms with van der Waals surface area (Å²) in [5, 5.41) is 14.9. The van der Waals surface area contributed by atoms with Gasteiger partial charge in [-0.05, 0) is 18.2 Å². The monoisotopic (exact) mass is 343 g/mol. The van der Waals surface area contributed by atoms with E-state index in [1.54, 1.807) is 27.8 Å². The Morgan fingerprint density at radius 3 is 3.00 bits per heavy atom. The molecule has 0 fully saturated rings. The topological polar surface area (TPSA) is 104 Å². The Labute approximate surface area is 143 Å². The second-order valence-electron chi connectivity index (χ2n) is 5.51. The fraction of sp³-hybridized carbons (Fsp3) is 0.250. The standard InChI is InChI=1S/C16H18FN7O/c1-23-15(8-18)13(9-19-23)14-10-24(22-21-14)6-5-16(25)20-12-4-2-3-11(17)7-12/h2-4,7,9-10H,5-6,8,18H2,1H3,(H,20,25). The van der Waals surface area contributed by atoms with Gasteiger partial charge in [-0.25, -0.2) is 4.39 Å². The molecule has 2 aromatic heterocycles. The number of halogens is 1. The molecule has 3 rings (SSSR count). The number of nitrogens with zero attached hydrogens (tertiary/aromatic N) is 5. The van der Waals surface area contributed by atoms with Crippen LogP contribution in [0.5, 0.6) is 0 Å². The van der Waals surface area contributed by atoms with E-state index in [4.69, 9.17) is 5.73 Å². The van der Waals surface area contributed by atoms with E-state index in [1.165, 1.54) is 18.2 Å². The van der Waals surface area contributed by atoms with Crippen molar-refractivity contribution in [1.82, 2.24) is 24.8 Å². The largest absolute Gasteiger partial charge is 0.326 e. The third-order valence-electron chi connectivity index (χ3n) is 3.75. The van der Waals surface area contributed by atoms with Gasteiger partial charge in [0.05, 0.1) is 24.6 Å². The molecule has 0 radical (unpaired) electrons. The van der Waals surface area contributed by atoms with Gasteiger partial charge in [0.15, 0.2) is 0 Å². The lowest BCUT2D eigenvalue weighted by Crippen LogP contribution is -2.14. The fourth-order valence-electron chi connectivity index (χ4n) is 2.46. The Balaban J connectivity index is 1.61. The number of aryl methyl sites for hydroxylation is 2. The van der Waals surface area contributed by atoms with Crippen molar-refractivity contribution >= 4 is 11.6 Å². The molecule has 9 heteroatoms. The number of aromatic nitrogens is 5. The number of nitrogens with two attached hydrogens (primary N) is 1. The number of carbonyl (C=O) groups is 1. The van der Waals surface area contributed by atoms with E-state index in [0.717, 1.165) is 11.3 Å². The smallest absolute Gasteiger partial charge is 0.226 e. The molecule has 3 aromatic rings. The maximum Gasteiger partial charge on any atom is 0.226 e. The Morgan fingerprint density at radius 2 is 2.24 bits per heavy atom. The van der Waals surface area contributed by atoms with Crippen LogP contribution >= 0.6 is 0 Å². The van der Waals surface area contributed by atoms with Crippen LogP contribution in [0.3, 0.4) is 0 Å². The first kappa shape index (κ1) is 16.8. The molecular formula is C16H18FN7O. The molecule has 0 atom stereocenters. The summed E-state index contributed by atoms with van der Waals surface area (Å²) in [4.78, 5) is 12.0. The average molecular weight is 343 g/mol. The van der Waals surface area contributed by atoms with Crippen molar-refractivity contribution in [2.75, 3.05) is 5.32 Å². The minimum Gasteiger partial charge on any atom is -0.326 e. The van der Waals surface area contributed by atoms with Crippen molar-refractivity contribution in [3.63, 3.8) is 0 Å². The fourth-order valence-corrected chi connectivity index (χ4v) is 2.46. The molecule has 1 aromatic carbocycles. The number of amides is 1. The number of rotatable bonds is 6. The Hall–Kier alpha value is -3.07. The quantitative estimate of drug-likeness (QED) is 0.702. The molecule has 0 aliphatic heterocycles. The second-order valence-corrected chi connectivity index (χ2v) is 5.51. The maximum absolute atomic E-state index is 13.1. The van der Waals surface area contributed by atoms with E-state index in [1.807, 2.05) is 7.05 Å². The van der Waals surface area contributed by atoms with Crippen molar-refractivity contribution in [3.8, 4) is 11.3 Å². The van der Waals surface area contributed by atoms with E-state index in [0.29, 0.717) is 24.5 Å². The van der Waals surface area contributed by atoms with E-state index < -0.39 is 5.82 Å². The summed E-state index contributed by atoms with van der Waals surface area (Å²) >= 11 is 0. The van der Waals surface area contributed by atoms with Crippen LogP contribution in [0.15, 0.2) is 36.7 Å². The molecule has 8 nitrogen and oxygen atoms in total. The molecule has 0 unspecified atom stereocenters. The van der Waals surface area contributed by atoms with Crippen molar-refractivity contribution in [2.24, 2.45) is 12.8 Å². The summed E-state index contributed by atoms with van der Waals surface area (Å²) in [6, 6.07) is 5.76. The lowest BCUT2D eigenvalue weighted by molar-refractivity contribution is -0.116. The lowest BCUT2D eigenvalue weighted by Gasteiger charge is -2.05. The van der Waals surface area contributed by atoms with Crippen LogP contribution in [0.4, 0.5) is 10.1 Å². The maximum atomic E-state index is 13.1. The van der Waals surface area contributed by atoms with Crippen molar-refractivity contribution in [1.29, 1.82) is 0 Å². The number of benzene rings is 1. The molecule has 2 heterocycles. The molecule has 130 valence electrons. The summed E-state index contributed by atoms with van der Waals surface area (Å²) in [6.45, 7) is 0.696. The Kier molecular flexibility index (Phi) is 4.85. The van der Waals surface area contributed by atoms with Gasteiger partial charge in [-0.2, -0.15) is 5.10 Å². The highest BCUT2D eigenvalue weighted by atomic mass is 19.1. The van der Waals surface area contributed by atoms with Gasteiger partial charge in [0.2, 0.25) is 5.91 Å². The van der Waals surface area contributed by atoms with Crippen LogP contribution in [0.25, 0.3) is 11.3 Å². The van der Waals surface area contributed by atoms with Crippen LogP contribution in [-0.4, -0.2) is 30.7 Å². The summed E-state index contributed by atoms with van der Waals surface area (Å²) < 4.78 is 16.4. The average Bonchev–Trinajstić information content (AvgIpc) is 3.19. The van der Waals surface area contributed by atoms with E-state index in [2.05, 4.69) is 20.7 Å². The van der Waals surface area contributed by atoms with Crippen molar-refractivity contribution < 1.29 is 9.18 Å². The van der Waals surface area contributed by atoms with Crippen molar-refractivity contribution in [2.45, 2.75) is 19.5 Å². The summed E-state index contributed by atoms with van der Waals surface area (Å²) in [7, 11) is 1.81. The predicted molar refractivity (Wildman–Crippen MR) is 89.8 cm³/mol. The molecule has 0 aliphatic rings. The predicted octanol–water partition coefficient (Wildman–Crippen LogP) is 1.31. The van der Waals surface area contributed by atoms with Crippen LogP contribution < -0.4 is 11.1 Å². The van der Waals surface area contributed by atoms with Crippen LogP contribution in [0.2, 0.25) is 0 Å². The van der Waals surface area contributed by atoms with Gasteiger partial charge >= 0.3 is 0 Å². The second kappa shape index (κ2) is 7.22. The highest BCUT2D eigenvalue weighted by Gasteiger charge is 2.13. The molecule has 0 aliphatic carbocycles. The Morgan fingerprint density at radius 1 is 1.40 bits per heavy atom. The minimum atomic E-state index is -0.397. The normalized spacial score (nSPS) is 10.8. The van der Waals surface area contributed by atoms with Gasteiger partial charge in [0.25, 0.3) is 0 Å². The summed E-state index contributed by atoms with van der Waals surface area (Å²) in [5.41, 5.74) is 8.48.